The van der Waals surface area contributed by atoms with Crippen molar-refractivity contribution in [3.63, 3.8) is 0 Å². The molecule has 4 heteroatoms. The van der Waals surface area contributed by atoms with E-state index in [4.69, 9.17) is 5.11 Å². The molecule has 0 aromatic heterocycles. The summed E-state index contributed by atoms with van der Waals surface area (Å²) in [6, 6.07) is 0. The van der Waals surface area contributed by atoms with Gasteiger partial charge in [-0.05, 0) is 25.8 Å². The number of unbranched alkanes of at least 4 members (excludes halogenated alkanes) is 3. The molecule has 0 aliphatic carbocycles. The predicted octanol–water partition coefficient (Wildman–Crippen LogP) is 1.80. The van der Waals surface area contributed by atoms with Crippen molar-refractivity contribution in [1.29, 1.82) is 0 Å². The summed E-state index contributed by atoms with van der Waals surface area (Å²) in [6.07, 6.45) is 7.45. The lowest BCUT2D eigenvalue weighted by Gasteiger charge is -2.06. The number of esters is 1. The third-order valence-electron chi connectivity index (χ3n) is 2.53. The average molecular weight is 244 g/mol. The SMILES string of the molecule is COC(=O)C=CC(O)CCCCCCC(C)O. The maximum absolute atomic E-state index is 10.8. The maximum Gasteiger partial charge on any atom is 0.330 e. The zero-order valence-electron chi connectivity index (χ0n) is 10.8. The molecule has 0 aliphatic rings. The zero-order valence-corrected chi connectivity index (χ0v) is 10.8. The number of carbonyl (C=O) groups is 1. The Morgan fingerprint density at radius 2 is 1.76 bits per heavy atom. The molecule has 0 spiro atoms. The van der Waals surface area contributed by atoms with Crippen LogP contribution in [0.2, 0.25) is 0 Å². The summed E-state index contributed by atoms with van der Waals surface area (Å²) in [5.41, 5.74) is 0. The van der Waals surface area contributed by atoms with Crippen molar-refractivity contribution in [2.75, 3.05) is 7.11 Å². The van der Waals surface area contributed by atoms with Crippen LogP contribution in [-0.2, 0) is 9.53 Å². The molecule has 2 atom stereocenters. The van der Waals surface area contributed by atoms with Crippen LogP contribution in [0.5, 0.6) is 0 Å². The fourth-order valence-electron chi connectivity index (χ4n) is 1.50. The van der Waals surface area contributed by atoms with Crippen LogP contribution >= 0.6 is 0 Å². The van der Waals surface area contributed by atoms with Gasteiger partial charge in [-0.1, -0.05) is 25.7 Å². The van der Waals surface area contributed by atoms with E-state index in [9.17, 15) is 9.90 Å². The molecule has 0 aliphatic heterocycles. The maximum atomic E-state index is 10.8. The second-order valence-corrected chi connectivity index (χ2v) is 4.29. The number of methoxy groups -OCH3 is 1. The van der Waals surface area contributed by atoms with E-state index >= 15 is 0 Å². The third kappa shape index (κ3) is 11.4. The minimum absolute atomic E-state index is 0.219. The molecule has 0 rings (SSSR count). The van der Waals surface area contributed by atoms with Gasteiger partial charge < -0.3 is 14.9 Å². The highest BCUT2D eigenvalue weighted by atomic mass is 16.5. The van der Waals surface area contributed by atoms with Gasteiger partial charge in [0.2, 0.25) is 0 Å². The second-order valence-electron chi connectivity index (χ2n) is 4.29. The molecular formula is C13H24O4. The van der Waals surface area contributed by atoms with Gasteiger partial charge in [0.25, 0.3) is 0 Å². The standard InChI is InChI=1S/C13H24O4/c1-11(14)7-5-3-4-6-8-12(15)9-10-13(16)17-2/h9-12,14-15H,3-8H2,1-2H3. The minimum atomic E-state index is -0.578. The van der Waals surface area contributed by atoms with Crippen molar-refractivity contribution in [2.24, 2.45) is 0 Å². The summed E-state index contributed by atoms with van der Waals surface area (Å²) >= 11 is 0. The lowest BCUT2D eigenvalue weighted by Crippen LogP contribution is -2.04. The molecule has 0 bridgehead atoms. The highest BCUT2D eigenvalue weighted by Crippen LogP contribution is 2.09. The first-order chi connectivity index (χ1) is 8.06. The summed E-state index contributed by atoms with van der Waals surface area (Å²) in [5.74, 6) is -0.444. The van der Waals surface area contributed by atoms with E-state index in [0.717, 1.165) is 32.1 Å². The normalized spacial score (nSPS) is 14.8. The van der Waals surface area contributed by atoms with Gasteiger partial charge in [0.05, 0.1) is 19.3 Å². The van der Waals surface area contributed by atoms with Crippen LogP contribution in [0.3, 0.4) is 0 Å². The van der Waals surface area contributed by atoms with Crippen LogP contribution in [0.25, 0.3) is 0 Å². The average Bonchev–Trinajstić information content (AvgIpc) is 2.30. The summed E-state index contributed by atoms with van der Waals surface area (Å²) in [4.78, 5) is 10.8. The van der Waals surface area contributed by atoms with Crippen molar-refractivity contribution < 1.29 is 19.7 Å². The number of ether oxygens (including phenoxy) is 1. The van der Waals surface area contributed by atoms with E-state index in [0.29, 0.717) is 6.42 Å². The molecule has 0 radical (unpaired) electrons. The first-order valence-corrected chi connectivity index (χ1v) is 6.18. The number of rotatable bonds is 9. The smallest absolute Gasteiger partial charge is 0.330 e. The van der Waals surface area contributed by atoms with Crippen molar-refractivity contribution in [3.05, 3.63) is 12.2 Å². The topological polar surface area (TPSA) is 66.8 Å². The van der Waals surface area contributed by atoms with Crippen molar-refractivity contribution in [2.45, 2.75) is 57.7 Å². The van der Waals surface area contributed by atoms with Crippen LogP contribution in [0.1, 0.15) is 45.4 Å². The Morgan fingerprint density at radius 1 is 1.18 bits per heavy atom. The lowest BCUT2D eigenvalue weighted by molar-refractivity contribution is -0.134. The quantitative estimate of drug-likeness (QED) is 0.369. The van der Waals surface area contributed by atoms with Gasteiger partial charge in [-0.15, -0.1) is 0 Å². The molecule has 2 unspecified atom stereocenters. The summed E-state index contributed by atoms with van der Waals surface area (Å²) in [6.45, 7) is 1.79. The van der Waals surface area contributed by atoms with Crippen LogP contribution in [0, 0.1) is 0 Å². The minimum Gasteiger partial charge on any atom is -0.466 e. The number of aliphatic hydroxyl groups is 2. The summed E-state index contributed by atoms with van der Waals surface area (Å²) in [7, 11) is 1.31. The van der Waals surface area contributed by atoms with Gasteiger partial charge in [-0.25, -0.2) is 4.79 Å². The van der Waals surface area contributed by atoms with E-state index < -0.39 is 12.1 Å². The van der Waals surface area contributed by atoms with Gasteiger partial charge in [-0.3, -0.25) is 0 Å². The Hall–Kier alpha value is -0.870. The van der Waals surface area contributed by atoms with Gasteiger partial charge in [0.15, 0.2) is 0 Å². The Labute approximate surface area is 103 Å². The van der Waals surface area contributed by atoms with Crippen LogP contribution in [-0.4, -0.2) is 35.5 Å². The Morgan fingerprint density at radius 3 is 2.29 bits per heavy atom. The Kier molecular flexibility index (Phi) is 9.77. The monoisotopic (exact) mass is 244 g/mol. The molecule has 17 heavy (non-hydrogen) atoms. The molecule has 0 fully saturated rings. The van der Waals surface area contributed by atoms with E-state index in [1.54, 1.807) is 6.92 Å². The van der Waals surface area contributed by atoms with Gasteiger partial charge in [0.1, 0.15) is 0 Å². The third-order valence-corrected chi connectivity index (χ3v) is 2.53. The van der Waals surface area contributed by atoms with Crippen molar-refractivity contribution in [1.82, 2.24) is 0 Å². The summed E-state index contributed by atoms with van der Waals surface area (Å²) < 4.78 is 4.42. The largest absolute Gasteiger partial charge is 0.466 e. The van der Waals surface area contributed by atoms with Gasteiger partial charge in [-0.2, -0.15) is 0 Å². The van der Waals surface area contributed by atoms with Crippen LogP contribution < -0.4 is 0 Å². The van der Waals surface area contributed by atoms with E-state index in [1.807, 2.05) is 0 Å². The molecule has 100 valence electrons. The second kappa shape index (κ2) is 10.3. The molecule has 0 amide bonds. The first-order valence-electron chi connectivity index (χ1n) is 6.18. The first kappa shape index (κ1) is 16.1. The van der Waals surface area contributed by atoms with Crippen LogP contribution in [0.15, 0.2) is 12.2 Å². The number of aliphatic hydroxyl groups excluding tert-OH is 2. The fourth-order valence-corrected chi connectivity index (χ4v) is 1.50. The molecule has 0 saturated carbocycles. The summed E-state index contributed by atoms with van der Waals surface area (Å²) in [5, 5.41) is 18.6. The molecule has 4 nitrogen and oxygen atoms in total. The lowest BCUT2D eigenvalue weighted by atomic mass is 10.1. The predicted molar refractivity (Wildman–Crippen MR) is 66.5 cm³/mol. The van der Waals surface area contributed by atoms with Crippen LogP contribution in [0.4, 0.5) is 0 Å². The Bertz CT molecular complexity index is 223. The molecule has 0 heterocycles. The van der Waals surface area contributed by atoms with E-state index in [2.05, 4.69) is 4.74 Å². The number of hydrogen-bond donors (Lipinski definition) is 2. The zero-order chi connectivity index (χ0) is 13.1. The number of carbonyl (C=O) groups excluding carboxylic acids is 1. The highest BCUT2D eigenvalue weighted by Gasteiger charge is 2.01. The van der Waals surface area contributed by atoms with E-state index in [1.165, 1.54) is 19.3 Å². The fraction of sp³-hybridized carbons (Fsp3) is 0.769. The molecule has 0 aromatic carbocycles. The Balaban J connectivity index is 3.42. The van der Waals surface area contributed by atoms with Gasteiger partial charge in [0, 0.05) is 6.08 Å². The molecule has 0 saturated heterocycles. The van der Waals surface area contributed by atoms with Crippen molar-refractivity contribution in [3.8, 4) is 0 Å². The van der Waals surface area contributed by atoms with E-state index in [-0.39, 0.29) is 6.10 Å². The highest BCUT2D eigenvalue weighted by molar-refractivity contribution is 5.81. The van der Waals surface area contributed by atoms with Crippen molar-refractivity contribution >= 4 is 5.97 Å². The number of hydrogen-bond acceptors (Lipinski definition) is 4. The molecule has 2 N–H and O–H groups in total. The molecular weight excluding hydrogens is 220 g/mol. The van der Waals surface area contributed by atoms with Gasteiger partial charge >= 0.3 is 5.97 Å². The molecule has 0 aromatic rings.